The molecule has 0 unspecified atom stereocenters. The van der Waals surface area contributed by atoms with Gasteiger partial charge in [0.15, 0.2) is 0 Å². The molecule has 8 heteroatoms. The van der Waals surface area contributed by atoms with E-state index in [1.807, 2.05) is 0 Å². The van der Waals surface area contributed by atoms with E-state index >= 15 is 0 Å². The van der Waals surface area contributed by atoms with E-state index in [2.05, 4.69) is 0 Å². The molecule has 0 aromatic rings. The summed E-state index contributed by atoms with van der Waals surface area (Å²) < 4.78 is 0. The molecule has 0 fully saturated rings. The van der Waals surface area contributed by atoms with Gasteiger partial charge < -0.3 is 27.4 Å². The molecule has 8 heavy (non-hydrogen) atoms. The predicted octanol–water partition coefficient (Wildman–Crippen LogP) is -0.980. The van der Waals surface area contributed by atoms with Crippen LogP contribution in [0.25, 0.3) is 0 Å². The van der Waals surface area contributed by atoms with Gasteiger partial charge in [0.1, 0.15) is 0 Å². The predicted molar refractivity (Wildman–Crippen MR) is 9.19 cm³/mol. The van der Waals surface area contributed by atoms with Crippen molar-refractivity contribution in [3.8, 4) is 0 Å². The van der Waals surface area contributed by atoms with Gasteiger partial charge in [0.25, 0.3) is 0 Å². The van der Waals surface area contributed by atoms with Crippen molar-refractivity contribution >= 4 is 23.1 Å². The van der Waals surface area contributed by atoms with E-state index in [-0.39, 0.29) is 92.6 Å². The molecule has 0 radical (unpaired) electrons. The normalized spacial score (nSPS) is 0. The summed E-state index contributed by atoms with van der Waals surface area (Å²) in [5.41, 5.74) is 0. The van der Waals surface area contributed by atoms with Crippen LogP contribution in [0.15, 0.2) is 0 Å². The maximum Gasteiger partial charge on any atom is 4.00 e. The Hall–Kier alpha value is 1.94. The monoisotopic (exact) mass is 386 g/mol. The molecule has 0 rings (SSSR count). The molecule has 0 bridgehead atoms. The van der Waals surface area contributed by atoms with Crippen molar-refractivity contribution in [1.82, 2.24) is 0 Å². The minimum atomic E-state index is 0. The van der Waals surface area contributed by atoms with Crippen LogP contribution in [-0.4, -0.2) is 23.1 Å². The second-order valence-corrected chi connectivity index (χ2v) is 0. The second-order valence-electron chi connectivity index (χ2n) is 0. The molecule has 5 nitrogen and oxygen atoms in total. The van der Waals surface area contributed by atoms with Crippen LogP contribution >= 0.6 is 0 Å². The van der Waals surface area contributed by atoms with Gasteiger partial charge in [-0.1, -0.05) is 0 Å². The van der Waals surface area contributed by atoms with Crippen molar-refractivity contribution in [2.75, 3.05) is 0 Å². The molecule has 0 spiro atoms. The average molecular weight is 384 g/mol. The first-order chi connectivity index (χ1) is 0. The first kappa shape index (κ1) is 211. The van der Waals surface area contributed by atoms with E-state index in [1.165, 1.54) is 0 Å². The van der Waals surface area contributed by atoms with Crippen molar-refractivity contribution in [3.05, 3.63) is 0 Å². The first-order valence-electron chi connectivity index (χ1n) is 0. The minimum absolute atomic E-state index is 0. The molecule has 0 amide bonds. The van der Waals surface area contributed by atoms with Crippen LogP contribution in [-0.2, 0) is 69.5 Å². The molecule has 0 aliphatic heterocycles. The fraction of sp³-hybridized carbons (Fsp3) is 0. The molecule has 0 aliphatic carbocycles. The molecule has 48 valence electrons. The van der Waals surface area contributed by atoms with E-state index in [0.29, 0.717) is 0 Å². The Morgan fingerprint density at radius 3 is 0.500 bits per heavy atom. The van der Waals surface area contributed by atoms with Crippen LogP contribution in [0.4, 0.5) is 0 Å². The van der Waals surface area contributed by atoms with Crippen molar-refractivity contribution in [1.29, 1.82) is 0 Å². The summed E-state index contributed by atoms with van der Waals surface area (Å²) in [7, 11) is 0. The van der Waals surface area contributed by atoms with Crippen LogP contribution < -0.4 is 0 Å². The van der Waals surface area contributed by atoms with Crippen molar-refractivity contribution in [3.63, 3.8) is 0 Å². The Labute approximate surface area is 91.8 Å². The van der Waals surface area contributed by atoms with Gasteiger partial charge in [-0.25, -0.2) is 0 Å². The molecular formula is MgMoO5W-4. The van der Waals surface area contributed by atoms with Crippen LogP contribution in [0, 0.1) is 0 Å². The minimum Gasteiger partial charge on any atom is -2.00 e. The topological polar surface area (TPSA) is 142 Å². The molecule has 0 aliphatic rings. The largest absolute Gasteiger partial charge is 4.00 e. The maximum absolute atomic E-state index is 0. The molecule has 0 atom stereocenters. The third-order valence-corrected chi connectivity index (χ3v) is 0. The van der Waals surface area contributed by atoms with Gasteiger partial charge in [0.2, 0.25) is 0 Å². The Kier molecular flexibility index (Phi) is 3940. The zero-order valence-electron chi connectivity index (χ0n) is 3.56. The molecule has 0 aromatic heterocycles. The van der Waals surface area contributed by atoms with Crippen LogP contribution in [0.5, 0.6) is 0 Å². The number of hydrogen-bond acceptors (Lipinski definition) is 0. The fourth-order valence-electron chi connectivity index (χ4n) is 0. The molecular weight excluding hydrogens is 384 g/mol. The van der Waals surface area contributed by atoms with Crippen molar-refractivity contribution < 1.29 is 69.5 Å². The SMILES string of the molecule is [Mg+2].[Mo+4].[O-2].[O-2].[O-2].[O-2].[O-2].[W]. The smallest absolute Gasteiger partial charge is 2.00 e. The summed E-state index contributed by atoms with van der Waals surface area (Å²) in [6, 6.07) is 0. The van der Waals surface area contributed by atoms with E-state index in [0.717, 1.165) is 0 Å². The molecule has 0 N–H and O–H groups in total. The van der Waals surface area contributed by atoms with E-state index in [1.54, 1.807) is 0 Å². The second kappa shape index (κ2) is 149. The Morgan fingerprint density at radius 1 is 0.500 bits per heavy atom. The molecule has 0 aromatic carbocycles. The van der Waals surface area contributed by atoms with Gasteiger partial charge in [0, 0.05) is 21.1 Å². The van der Waals surface area contributed by atoms with Gasteiger partial charge in [-0.2, -0.15) is 0 Å². The maximum atomic E-state index is 0. The summed E-state index contributed by atoms with van der Waals surface area (Å²) in [6.07, 6.45) is 0. The Balaban J connectivity index is 0. The van der Waals surface area contributed by atoms with Crippen LogP contribution in [0.3, 0.4) is 0 Å². The third kappa shape index (κ3) is 101. The van der Waals surface area contributed by atoms with Gasteiger partial charge in [0.05, 0.1) is 0 Å². The van der Waals surface area contributed by atoms with Crippen molar-refractivity contribution in [2.24, 2.45) is 0 Å². The summed E-state index contributed by atoms with van der Waals surface area (Å²) in [5.74, 6) is 0. The number of hydrogen-bond donors (Lipinski definition) is 0. The molecule has 0 heterocycles. The molecule has 0 saturated carbocycles. The summed E-state index contributed by atoms with van der Waals surface area (Å²) in [5, 5.41) is 0. The molecule has 0 saturated heterocycles. The van der Waals surface area contributed by atoms with E-state index in [9.17, 15) is 0 Å². The van der Waals surface area contributed by atoms with E-state index in [4.69, 9.17) is 0 Å². The van der Waals surface area contributed by atoms with Gasteiger partial charge in [-0.15, -0.1) is 0 Å². The average Bonchev–Trinajstić information content (AvgIpc) is 0. The van der Waals surface area contributed by atoms with Gasteiger partial charge in [-0.05, 0) is 0 Å². The Bertz CT molecular complexity index is 12.4. The third-order valence-electron chi connectivity index (χ3n) is 0. The Morgan fingerprint density at radius 2 is 0.500 bits per heavy atom. The van der Waals surface area contributed by atoms with Gasteiger partial charge >= 0.3 is 44.1 Å². The zero-order chi connectivity index (χ0) is 0. The fourth-order valence-corrected chi connectivity index (χ4v) is 0. The standard InChI is InChI=1S/Mg.Mo.5O.W/q+2;+4;5*-2;. The van der Waals surface area contributed by atoms with Crippen LogP contribution in [0.1, 0.15) is 0 Å². The first-order valence-corrected chi connectivity index (χ1v) is 0. The quantitative estimate of drug-likeness (QED) is 0.474. The summed E-state index contributed by atoms with van der Waals surface area (Å²) in [6.45, 7) is 0. The van der Waals surface area contributed by atoms with E-state index < -0.39 is 0 Å². The van der Waals surface area contributed by atoms with Crippen LogP contribution in [0.2, 0.25) is 0 Å². The van der Waals surface area contributed by atoms with Gasteiger partial charge in [-0.3, -0.25) is 0 Å². The summed E-state index contributed by atoms with van der Waals surface area (Å²) >= 11 is 0. The number of rotatable bonds is 0. The summed E-state index contributed by atoms with van der Waals surface area (Å²) in [4.78, 5) is 0. The van der Waals surface area contributed by atoms with Crippen molar-refractivity contribution in [2.45, 2.75) is 0 Å². The zero-order valence-corrected chi connectivity index (χ0v) is 9.92.